The van der Waals surface area contributed by atoms with Crippen molar-refractivity contribution in [3.8, 4) is 10.7 Å². The average Bonchev–Trinajstić information content (AvgIpc) is 3.15. The van der Waals surface area contributed by atoms with Gasteiger partial charge in [0.15, 0.2) is 5.82 Å². The standard InChI is InChI=1S/C13H21N7S/c1-3-10-11(21-19-16-10)12-15-13(18-17-12)20-6-4-9(5-7-20)8(2)14/h8-9H,3-7,14H2,1-2H3,(H,15,17,18). The molecule has 0 saturated carbocycles. The summed E-state index contributed by atoms with van der Waals surface area (Å²) in [6.07, 6.45) is 3.05. The summed E-state index contributed by atoms with van der Waals surface area (Å²) in [5.74, 6) is 2.15. The third-order valence-corrected chi connectivity index (χ3v) is 4.92. The molecule has 21 heavy (non-hydrogen) atoms. The Labute approximate surface area is 128 Å². The number of hydrogen-bond acceptors (Lipinski definition) is 7. The maximum atomic E-state index is 5.98. The fourth-order valence-electron chi connectivity index (χ4n) is 2.74. The Morgan fingerprint density at radius 3 is 2.86 bits per heavy atom. The molecule has 0 amide bonds. The number of aromatic amines is 1. The number of H-pyrrole nitrogens is 1. The Morgan fingerprint density at radius 2 is 2.19 bits per heavy atom. The lowest BCUT2D eigenvalue weighted by molar-refractivity contribution is 0.352. The zero-order valence-corrected chi connectivity index (χ0v) is 13.2. The molecule has 8 heteroatoms. The van der Waals surface area contributed by atoms with Gasteiger partial charge in [-0.3, -0.25) is 5.10 Å². The zero-order chi connectivity index (χ0) is 14.8. The van der Waals surface area contributed by atoms with Crippen LogP contribution in [0.4, 0.5) is 5.95 Å². The third-order valence-electron chi connectivity index (χ3n) is 4.15. The summed E-state index contributed by atoms with van der Waals surface area (Å²) >= 11 is 1.36. The normalized spacial score (nSPS) is 18.1. The molecule has 114 valence electrons. The second-order valence-electron chi connectivity index (χ2n) is 5.57. The third kappa shape index (κ3) is 2.91. The average molecular weight is 307 g/mol. The minimum Gasteiger partial charge on any atom is -0.340 e. The highest BCUT2D eigenvalue weighted by atomic mass is 32.1. The second kappa shape index (κ2) is 6.07. The molecule has 1 unspecified atom stereocenters. The Hall–Kier alpha value is -1.54. The molecule has 3 rings (SSSR count). The number of nitrogens with one attached hydrogen (secondary N) is 1. The summed E-state index contributed by atoms with van der Waals surface area (Å²) in [5, 5.41) is 11.5. The van der Waals surface area contributed by atoms with E-state index >= 15 is 0 Å². The molecule has 0 spiro atoms. The lowest BCUT2D eigenvalue weighted by atomic mass is 9.91. The number of aromatic nitrogens is 5. The monoisotopic (exact) mass is 307 g/mol. The Morgan fingerprint density at radius 1 is 1.43 bits per heavy atom. The van der Waals surface area contributed by atoms with Crippen molar-refractivity contribution in [2.24, 2.45) is 11.7 Å². The van der Waals surface area contributed by atoms with E-state index < -0.39 is 0 Å². The lowest BCUT2D eigenvalue weighted by Gasteiger charge is -2.32. The van der Waals surface area contributed by atoms with E-state index in [4.69, 9.17) is 5.73 Å². The highest BCUT2D eigenvalue weighted by Crippen LogP contribution is 2.26. The molecule has 0 bridgehead atoms. The summed E-state index contributed by atoms with van der Waals surface area (Å²) in [4.78, 5) is 7.82. The topological polar surface area (TPSA) is 96.6 Å². The first-order valence-corrected chi connectivity index (χ1v) is 8.21. The minimum absolute atomic E-state index is 0.269. The van der Waals surface area contributed by atoms with E-state index in [1.165, 1.54) is 11.5 Å². The van der Waals surface area contributed by atoms with Gasteiger partial charge in [-0.15, -0.1) is 10.2 Å². The van der Waals surface area contributed by atoms with Gasteiger partial charge < -0.3 is 10.6 Å². The van der Waals surface area contributed by atoms with Crippen molar-refractivity contribution in [2.75, 3.05) is 18.0 Å². The van der Waals surface area contributed by atoms with Gasteiger partial charge in [0.05, 0.1) is 5.69 Å². The van der Waals surface area contributed by atoms with E-state index in [0.29, 0.717) is 5.92 Å². The molecule has 2 aromatic rings. The van der Waals surface area contributed by atoms with Crippen LogP contribution < -0.4 is 10.6 Å². The number of nitrogens with zero attached hydrogens (tertiary/aromatic N) is 5. The van der Waals surface area contributed by atoms with Gasteiger partial charge in [0.2, 0.25) is 5.95 Å². The molecular weight excluding hydrogens is 286 g/mol. The molecule has 1 aliphatic rings. The van der Waals surface area contributed by atoms with Crippen molar-refractivity contribution in [3.63, 3.8) is 0 Å². The SMILES string of the molecule is CCc1nnsc1-c1nc(N2CCC(C(C)N)CC2)n[nH]1. The van der Waals surface area contributed by atoms with Crippen molar-refractivity contribution in [3.05, 3.63) is 5.69 Å². The Balaban J connectivity index is 1.71. The zero-order valence-electron chi connectivity index (χ0n) is 12.4. The van der Waals surface area contributed by atoms with Crippen LogP contribution in [0.2, 0.25) is 0 Å². The largest absolute Gasteiger partial charge is 0.340 e. The molecular formula is C13H21N7S. The number of rotatable bonds is 4. The van der Waals surface area contributed by atoms with E-state index in [2.05, 4.69) is 43.5 Å². The maximum Gasteiger partial charge on any atom is 0.245 e. The Kier molecular flexibility index (Phi) is 4.16. The van der Waals surface area contributed by atoms with Gasteiger partial charge in [-0.1, -0.05) is 11.4 Å². The second-order valence-corrected chi connectivity index (χ2v) is 6.32. The van der Waals surface area contributed by atoms with E-state index in [0.717, 1.165) is 54.7 Å². The summed E-state index contributed by atoms with van der Waals surface area (Å²) in [6.45, 7) is 6.08. The number of anilines is 1. The molecule has 3 heterocycles. The van der Waals surface area contributed by atoms with Crippen molar-refractivity contribution in [2.45, 2.75) is 39.2 Å². The van der Waals surface area contributed by atoms with E-state index in [-0.39, 0.29) is 6.04 Å². The predicted molar refractivity (Wildman–Crippen MR) is 83.3 cm³/mol. The molecule has 3 N–H and O–H groups in total. The first-order chi connectivity index (χ1) is 10.2. The number of nitrogens with two attached hydrogens (primary N) is 1. The minimum atomic E-state index is 0.269. The van der Waals surface area contributed by atoms with Crippen molar-refractivity contribution in [1.82, 2.24) is 24.8 Å². The fraction of sp³-hybridized carbons (Fsp3) is 0.692. The molecule has 1 saturated heterocycles. The molecule has 1 fully saturated rings. The van der Waals surface area contributed by atoms with Gasteiger partial charge in [-0.2, -0.15) is 4.98 Å². The van der Waals surface area contributed by atoms with Crippen LogP contribution in [0, 0.1) is 5.92 Å². The van der Waals surface area contributed by atoms with Crippen LogP contribution in [0.5, 0.6) is 0 Å². The number of hydrogen-bond donors (Lipinski definition) is 2. The van der Waals surface area contributed by atoms with Gasteiger partial charge >= 0.3 is 0 Å². The van der Waals surface area contributed by atoms with Crippen LogP contribution in [0.1, 0.15) is 32.4 Å². The fourth-order valence-corrected chi connectivity index (χ4v) is 3.43. The molecule has 0 radical (unpaired) electrons. The molecule has 7 nitrogen and oxygen atoms in total. The highest BCUT2D eigenvalue weighted by molar-refractivity contribution is 7.09. The molecule has 1 atom stereocenters. The van der Waals surface area contributed by atoms with Crippen molar-refractivity contribution >= 4 is 17.5 Å². The summed E-state index contributed by atoms with van der Waals surface area (Å²) in [6, 6.07) is 0.269. The van der Waals surface area contributed by atoms with Crippen LogP contribution in [-0.4, -0.2) is 43.9 Å². The molecule has 1 aliphatic heterocycles. The van der Waals surface area contributed by atoms with E-state index in [1.807, 2.05) is 0 Å². The van der Waals surface area contributed by atoms with Gasteiger partial charge in [-0.25, -0.2) is 0 Å². The van der Waals surface area contributed by atoms with Gasteiger partial charge in [0, 0.05) is 19.1 Å². The first kappa shape index (κ1) is 14.4. The number of piperidine rings is 1. The van der Waals surface area contributed by atoms with Crippen LogP contribution in [0.25, 0.3) is 10.7 Å². The lowest BCUT2D eigenvalue weighted by Crippen LogP contribution is -2.40. The number of aryl methyl sites for hydroxylation is 1. The van der Waals surface area contributed by atoms with Gasteiger partial charge in [0.25, 0.3) is 0 Å². The summed E-state index contributed by atoms with van der Waals surface area (Å²) < 4.78 is 4.00. The van der Waals surface area contributed by atoms with E-state index in [1.54, 1.807) is 0 Å². The first-order valence-electron chi connectivity index (χ1n) is 7.43. The summed E-state index contributed by atoms with van der Waals surface area (Å²) in [7, 11) is 0. The van der Waals surface area contributed by atoms with Gasteiger partial charge in [-0.05, 0) is 43.6 Å². The van der Waals surface area contributed by atoms with Crippen molar-refractivity contribution in [1.29, 1.82) is 0 Å². The quantitative estimate of drug-likeness (QED) is 0.887. The predicted octanol–water partition coefficient (Wildman–Crippen LogP) is 1.45. The smallest absolute Gasteiger partial charge is 0.245 e. The summed E-state index contributed by atoms with van der Waals surface area (Å²) in [5.41, 5.74) is 6.95. The molecule has 2 aromatic heterocycles. The molecule has 0 aliphatic carbocycles. The van der Waals surface area contributed by atoms with Crippen molar-refractivity contribution < 1.29 is 0 Å². The van der Waals surface area contributed by atoms with Crippen LogP contribution in [0.15, 0.2) is 0 Å². The maximum absolute atomic E-state index is 5.98. The molecule has 0 aromatic carbocycles. The van der Waals surface area contributed by atoms with Crippen LogP contribution in [0.3, 0.4) is 0 Å². The van der Waals surface area contributed by atoms with Crippen LogP contribution in [-0.2, 0) is 6.42 Å². The Bertz CT molecular complexity index is 583. The van der Waals surface area contributed by atoms with Crippen LogP contribution >= 0.6 is 11.5 Å². The van der Waals surface area contributed by atoms with Gasteiger partial charge in [0.1, 0.15) is 4.88 Å². The van der Waals surface area contributed by atoms with E-state index in [9.17, 15) is 0 Å². The highest BCUT2D eigenvalue weighted by Gasteiger charge is 2.24.